The maximum Gasteiger partial charge on any atom is 0.344 e. The third-order valence-corrected chi connectivity index (χ3v) is 4.98. The molecule has 0 saturated heterocycles. The van der Waals surface area contributed by atoms with Crippen molar-refractivity contribution >= 4 is 16.9 Å². The third-order valence-electron chi connectivity index (χ3n) is 4.98. The summed E-state index contributed by atoms with van der Waals surface area (Å²) in [5.74, 6) is 0.929. The topological polar surface area (TPSA) is 75.0 Å². The van der Waals surface area contributed by atoms with Crippen molar-refractivity contribution in [1.82, 2.24) is 0 Å². The zero-order valence-electron chi connectivity index (χ0n) is 17.3. The maximum absolute atomic E-state index is 12.7. The second-order valence-corrected chi connectivity index (χ2v) is 6.92. The highest BCUT2D eigenvalue weighted by atomic mass is 16.5. The molecule has 4 rings (SSSR count). The van der Waals surface area contributed by atoms with Crippen LogP contribution in [0.5, 0.6) is 17.2 Å². The molecule has 0 radical (unpaired) electrons. The minimum atomic E-state index is -0.529. The van der Waals surface area contributed by atoms with E-state index in [1.807, 2.05) is 19.1 Å². The highest BCUT2D eigenvalue weighted by Crippen LogP contribution is 2.33. The fourth-order valence-corrected chi connectivity index (χ4v) is 3.33. The summed E-state index contributed by atoms with van der Waals surface area (Å²) in [6.07, 6.45) is 0. The first-order chi connectivity index (χ1) is 15.0. The zero-order chi connectivity index (χ0) is 22.0. The lowest BCUT2D eigenvalue weighted by Crippen LogP contribution is -2.10. The van der Waals surface area contributed by atoms with Gasteiger partial charge in [-0.3, -0.25) is 0 Å². The largest absolute Gasteiger partial charge is 0.497 e. The number of hydrogen-bond acceptors (Lipinski definition) is 6. The Kier molecular flexibility index (Phi) is 5.45. The fraction of sp³-hybridized carbons (Fsp3) is 0.120. The van der Waals surface area contributed by atoms with Crippen LogP contribution in [0.1, 0.15) is 15.9 Å². The number of benzene rings is 3. The lowest BCUT2D eigenvalue weighted by molar-refractivity contribution is 0.0734. The quantitative estimate of drug-likeness (QED) is 0.259. The number of carbonyl (C=O) groups excluding carboxylic acids is 1. The van der Waals surface area contributed by atoms with Crippen LogP contribution in [0.15, 0.2) is 75.9 Å². The molecule has 4 aromatic rings. The van der Waals surface area contributed by atoms with E-state index in [-0.39, 0.29) is 0 Å². The molecule has 1 heterocycles. The summed E-state index contributed by atoms with van der Waals surface area (Å²) in [5.41, 5.74) is 2.03. The molecule has 0 aliphatic heterocycles. The van der Waals surface area contributed by atoms with Crippen molar-refractivity contribution in [3.05, 3.63) is 88.3 Å². The first kappa shape index (κ1) is 20.2. The average Bonchev–Trinajstić information content (AvgIpc) is 2.78. The standard InChI is InChI=1S/C25H20O6/c1-15-6-4-5-7-19(15)24(26)30-18-9-8-16-12-21(25(27)31-22(16)14-18)20-11-10-17(28-2)13-23(20)29-3/h4-14H,1-3H3. The summed E-state index contributed by atoms with van der Waals surface area (Å²) in [5, 5.41) is 0.683. The van der Waals surface area contributed by atoms with Gasteiger partial charge >= 0.3 is 11.6 Å². The molecule has 0 unspecified atom stereocenters. The molecule has 156 valence electrons. The Morgan fingerprint density at radius 3 is 2.35 bits per heavy atom. The van der Waals surface area contributed by atoms with Crippen LogP contribution in [0.25, 0.3) is 22.1 Å². The molecule has 0 atom stereocenters. The van der Waals surface area contributed by atoms with Gasteiger partial charge in [0.15, 0.2) is 0 Å². The second kappa shape index (κ2) is 8.36. The highest BCUT2D eigenvalue weighted by molar-refractivity contribution is 5.93. The molecule has 0 aliphatic rings. The number of rotatable bonds is 5. The second-order valence-electron chi connectivity index (χ2n) is 6.92. The van der Waals surface area contributed by atoms with Crippen molar-refractivity contribution in [2.45, 2.75) is 6.92 Å². The molecular formula is C25H20O6. The molecule has 6 nitrogen and oxygen atoms in total. The van der Waals surface area contributed by atoms with Gasteiger partial charge in [0.25, 0.3) is 0 Å². The van der Waals surface area contributed by atoms with E-state index in [1.165, 1.54) is 13.2 Å². The number of carbonyl (C=O) groups is 1. The van der Waals surface area contributed by atoms with Crippen LogP contribution in [-0.4, -0.2) is 20.2 Å². The number of ether oxygens (including phenoxy) is 3. The summed E-state index contributed by atoms with van der Waals surface area (Å²) in [7, 11) is 3.08. The molecule has 0 saturated carbocycles. The maximum atomic E-state index is 12.7. The van der Waals surface area contributed by atoms with E-state index in [1.54, 1.807) is 55.6 Å². The molecule has 31 heavy (non-hydrogen) atoms. The lowest BCUT2D eigenvalue weighted by atomic mass is 10.0. The smallest absolute Gasteiger partial charge is 0.344 e. The summed E-state index contributed by atoms with van der Waals surface area (Å²) in [4.78, 5) is 25.2. The van der Waals surface area contributed by atoms with Gasteiger partial charge < -0.3 is 18.6 Å². The van der Waals surface area contributed by atoms with Gasteiger partial charge in [0.1, 0.15) is 22.8 Å². The Labute approximate surface area is 178 Å². The highest BCUT2D eigenvalue weighted by Gasteiger charge is 2.15. The van der Waals surface area contributed by atoms with E-state index < -0.39 is 11.6 Å². The van der Waals surface area contributed by atoms with Gasteiger partial charge in [-0.05, 0) is 48.9 Å². The van der Waals surface area contributed by atoms with E-state index in [0.29, 0.717) is 44.9 Å². The summed E-state index contributed by atoms with van der Waals surface area (Å²) in [6, 6.07) is 19.0. The van der Waals surface area contributed by atoms with Crippen LogP contribution < -0.4 is 19.8 Å². The molecule has 0 N–H and O–H groups in total. The van der Waals surface area contributed by atoms with Gasteiger partial charge in [-0.1, -0.05) is 18.2 Å². The Hall–Kier alpha value is -4.06. The SMILES string of the molecule is COc1ccc(-c2cc3ccc(OC(=O)c4ccccc4C)cc3oc2=O)c(OC)c1. The van der Waals surface area contributed by atoms with Crippen molar-refractivity contribution < 1.29 is 23.4 Å². The Bertz CT molecular complexity index is 1340. The van der Waals surface area contributed by atoms with Crippen molar-refractivity contribution in [2.24, 2.45) is 0 Å². The first-order valence-corrected chi connectivity index (χ1v) is 9.58. The van der Waals surface area contributed by atoms with E-state index in [9.17, 15) is 9.59 Å². The molecule has 1 aromatic heterocycles. The molecular weight excluding hydrogens is 396 g/mol. The number of hydrogen-bond donors (Lipinski definition) is 0. The number of aryl methyl sites for hydroxylation is 1. The van der Waals surface area contributed by atoms with Gasteiger partial charge in [0.2, 0.25) is 0 Å². The van der Waals surface area contributed by atoms with E-state index in [0.717, 1.165) is 5.56 Å². The van der Waals surface area contributed by atoms with Crippen molar-refractivity contribution in [2.75, 3.05) is 14.2 Å². The minimum Gasteiger partial charge on any atom is -0.497 e. The minimum absolute atomic E-state index is 0.290. The van der Waals surface area contributed by atoms with Gasteiger partial charge in [-0.15, -0.1) is 0 Å². The molecule has 0 fully saturated rings. The summed E-state index contributed by atoms with van der Waals surface area (Å²) < 4.78 is 21.6. The van der Waals surface area contributed by atoms with Crippen LogP contribution in [0.2, 0.25) is 0 Å². The molecule has 0 amide bonds. The van der Waals surface area contributed by atoms with Gasteiger partial charge in [0.05, 0.1) is 25.3 Å². The number of esters is 1. The third kappa shape index (κ3) is 4.00. The van der Waals surface area contributed by atoms with E-state index >= 15 is 0 Å². The lowest BCUT2D eigenvalue weighted by Gasteiger charge is -2.11. The molecule has 0 bridgehead atoms. The Balaban J connectivity index is 1.70. The number of methoxy groups -OCH3 is 2. The van der Waals surface area contributed by atoms with Crippen molar-refractivity contribution in [3.8, 4) is 28.4 Å². The summed E-state index contributed by atoms with van der Waals surface area (Å²) in [6.45, 7) is 1.84. The van der Waals surface area contributed by atoms with E-state index in [2.05, 4.69) is 0 Å². The van der Waals surface area contributed by atoms with Gasteiger partial charge in [-0.25, -0.2) is 9.59 Å². The van der Waals surface area contributed by atoms with Crippen LogP contribution in [-0.2, 0) is 0 Å². The number of fused-ring (bicyclic) bond motifs is 1. The fourth-order valence-electron chi connectivity index (χ4n) is 3.33. The monoisotopic (exact) mass is 416 g/mol. The van der Waals surface area contributed by atoms with E-state index in [4.69, 9.17) is 18.6 Å². The van der Waals surface area contributed by atoms with Gasteiger partial charge in [-0.2, -0.15) is 0 Å². The average molecular weight is 416 g/mol. The Morgan fingerprint density at radius 2 is 1.61 bits per heavy atom. The molecule has 0 aliphatic carbocycles. The normalized spacial score (nSPS) is 10.7. The van der Waals surface area contributed by atoms with Crippen LogP contribution in [0.4, 0.5) is 0 Å². The van der Waals surface area contributed by atoms with Crippen LogP contribution in [0, 0.1) is 6.92 Å². The predicted molar refractivity (Wildman–Crippen MR) is 117 cm³/mol. The zero-order valence-corrected chi connectivity index (χ0v) is 17.3. The molecule has 6 heteroatoms. The predicted octanol–water partition coefficient (Wildman–Crippen LogP) is 5.00. The Morgan fingerprint density at radius 1 is 0.839 bits per heavy atom. The van der Waals surface area contributed by atoms with Crippen molar-refractivity contribution in [1.29, 1.82) is 0 Å². The van der Waals surface area contributed by atoms with Gasteiger partial charge in [0, 0.05) is 23.1 Å². The molecule has 0 spiro atoms. The first-order valence-electron chi connectivity index (χ1n) is 9.58. The summed E-state index contributed by atoms with van der Waals surface area (Å²) >= 11 is 0. The van der Waals surface area contributed by atoms with Crippen molar-refractivity contribution in [3.63, 3.8) is 0 Å². The van der Waals surface area contributed by atoms with Crippen LogP contribution >= 0.6 is 0 Å². The molecule has 3 aromatic carbocycles. The van der Waals surface area contributed by atoms with Crippen LogP contribution in [0.3, 0.4) is 0 Å².